The van der Waals surface area contributed by atoms with Crippen LogP contribution in [0.15, 0.2) is 54.6 Å². The molecule has 0 spiro atoms. The van der Waals surface area contributed by atoms with Gasteiger partial charge in [-0.1, -0.05) is 54.6 Å². The molecule has 3 rings (SSSR count). The SMILES string of the molecule is [c]1ccc2c(c1)CC=C2c1ccccc1. The van der Waals surface area contributed by atoms with E-state index in [1.807, 2.05) is 6.07 Å². The third-order valence-corrected chi connectivity index (χ3v) is 2.85. The maximum Gasteiger partial charge on any atom is -0.00816 e. The normalized spacial score (nSPS) is 13.5. The van der Waals surface area contributed by atoms with E-state index in [4.69, 9.17) is 0 Å². The second-order valence-corrected chi connectivity index (χ2v) is 3.77. The van der Waals surface area contributed by atoms with Gasteiger partial charge in [0.1, 0.15) is 0 Å². The van der Waals surface area contributed by atoms with Crippen LogP contribution in [0.2, 0.25) is 0 Å². The third kappa shape index (κ3) is 1.39. The molecule has 0 aliphatic heterocycles. The van der Waals surface area contributed by atoms with Crippen molar-refractivity contribution in [1.82, 2.24) is 0 Å². The molecule has 0 fully saturated rings. The van der Waals surface area contributed by atoms with Gasteiger partial charge in [-0.25, -0.2) is 0 Å². The summed E-state index contributed by atoms with van der Waals surface area (Å²) in [5, 5.41) is 0. The molecule has 0 unspecified atom stereocenters. The van der Waals surface area contributed by atoms with E-state index in [0.717, 1.165) is 6.42 Å². The van der Waals surface area contributed by atoms with E-state index >= 15 is 0 Å². The van der Waals surface area contributed by atoms with Gasteiger partial charge in [0, 0.05) is 0 Å². The predicted octanol–water partition coefficient (Wildman–Crippen LogP) is 3.47. The molecule has 0 saturated carbocycles. The summed E-state index contributed by atoms with van der Waals surface area (Å²) in [6.45, 7) is 0. The lowest BCUT2D eigenvalue weighted by Gasteiger charge is -2.05. The topological polar surface area (TPSA) is 0 Å². The van der Waals surface area contributed by atoms with Crippen LogP contribution < -0.4 is 0 Å². The summed E-state index contributed by atoms with van der Waals surface area (Å²) in [7, 11) is 0. The van der Waals surface area contributed by atoms with E-state index in [-0.39, 0.29) is 0 Å². The molecule has 2 aromatic carbocycles. The van der Waals surface area contributed by atoms with Crippen LogP contribution in [0.4, 0.5) is 0 Å². The molecule has 0 heteroatoms. The monoisotopic (exact) mass is 191 g/mol. The van der Waals surface area contributed by atoms with Gasteiger partial charge in [-0.3, -0.25) is 0 Å². The molecule has 1 aliphatic rings. The standard InChI is InChI=1S/C15H11/c1-2-6-12(7-3-1)15-11-10-13-8-4-5-9-14(13)15/h1-3,5-9,11H,10H2. The van der Waals surface area contributed by atoms with Crippen LogP contribution in [0.25, 0.3) is 5.57 Å². The lowest BCUT2D eigenvalue weighted by atomic mass is 9.99. The Kier molecular flexibility index (Phi) is 1.92. The van der Waals surface area contributed by atoms with Gasteiger partial charge in [0.15, 0.2) is 0 Å². The van der Waals surface area contributed by atoms with Crippen molar-refractivity contribution in [3.05, 3.63) is 77.4 Å². The van der Waals surface area contributed by atoms with Gasteiger partial charge in [0.25, 0.3) is 0 Å². The number of hydrogen-bond acceptors (Lipinski definition) is 0. The molecular weight excluding hydrogens is 180 g/mol. The highest BCUT2D eigenvalue weighted by Gasteiger charge is 2.13. The molecule has 71 valence electrons. The number of rotatable bonds is 1. The smallest absolute Gasteiger partial charge is 0.00816 e. The lowest BCUT2D eigenvalue weighted by molar-refractivity contribution is 1.31. The summed E-state index contributed by atoms with van der Waals surface area (Å²) in [4.78, 5) is 0. The molecule has 1 radical (unpaired) electrons. The summed E-state index contributed by atoms with van der Waals surface area (Å²) in [5.74, 6) is 0. The molecule has 15 heavy (non-hydrogen) atoms. The van der Waals surface area contributed by atoms with E-state index in [1.54, 1.807) is 0 Å². The Bertz CT molecular complexity index is 507. The Morgan fingerprint density at radius 3 is 2.73 bits per heavy atom. The third-order valence-electron chi connectivity index (χ3n) is 2.85. The summed E-state index contributed by atoms with van der Waals surface area (Å²) in [6, 6.07) is 19.9. The van der Waals surface area contributed by atoms with Crippen LogP contribution in [0.3, 0.4) is 0 Å². The minimum atomic E-state index is 1.04. The van der Waals surface area contributed by atoms with Crippen molar-refractivity contribution in [2.45, 2.75) is 6.42 Å². The fourth-order valence-electron chi connectivity index (χ4n) is 2.11. The van der Waals surface area contributed by atoms with Gasteiger partial charge < -0.3 is 0 Å². The first-order chi connectivity index (χ1) is 7.45. The second kappa shape index (κ2) is 3.39. The summed E-state index contributed by atoms with van der Waals surface area (Å²) >= 11 is 0. The molecular formula is C15H11. The maximum absolute atomic E-state index is 3.13. The maximum atomic E-state index is 3.13. The van der Waals surface area contributed by atoms with Gasteiger partial charge >= 0.3 is 0 Å². The minimum Gasteiger partial charge on any atom is -0.0716 e. The zero-order chi connectivity index (χ0) is 10.1. The van der Waals surface area contributed by atoms with E-state index < -0.39 is 0 Å². The van der Waals surface area contributed by atoms with Crippen molar-refractivity contribution in [1.29, 1.82) is 0 Å². The highest BCUT2D eigenvalue weighted by molar-refractivity contribution is 5.84. The van der Waals surface area contributed by atoms with Crippen molar-refractivity contribution in [3.63, 3.8) is 0 Å². The largest absolute Gasteiger partial charge is 0.0716 e. The summed E-state index contributed by atoms with van der Waals surface area (Å²) < 4.78 is 0. The van der Waals surface area contributed by atoms with Gasteiger partial charge in [0.05, 0.1) is 0 Å². The molecule has 0 N–H and O–H groups in total. The van der Waals surface area contributed by atoms with E-state index in [0.29, 0.717) is 0 Å². The molecule has 0 amide bonds. The molecule has 0 aromatic heterocycles. The molecule has 1 aliphatic carbocycles. The fraction of sp³-hybridized carbons (Fsp3) is 0.0667. The van der Waals surface area contributed by atoms with Crippen LogP contribution in [0, 0.1) is 6.07 Å². The Morgan fingerprint density at radius 1 is 1.00 bits per heavy atom. The second-order valence-electron chi connectivity index (χ2n) is 3.77. The highest BCUT2D eigenvalue weighted by Crippen LogP contribution is 2.31. The van der Waals surface area contributed by atoms with Gasteiger partial charge in [0.2, 0.25) is 0 Å². The number of allylic oxidation sites excluding steroid dienone is 1. The fourth-order valence-corrected chi connectivity index (χ4v) is 2.11. The van der Waals surface area contributed by atoms with Crippen LogP contribution >= 0.6 is 0 Å². The average Bonchev–Trinajstić information content (AvgIpc) is 2.74. The molecule has 0 atom stereocenters. The van der Waals surface area contributed by atoms with Crippen LogP contribution in [-0.4, -0.2) is 0 Å². The zero-order valence-corrected chi connectivity index (χ0v) is 8.40. The first-order valence-electron chi connectivity index (χ1n) is 5.20. The summed E-state index contributed by atoms with van der Waals surface area (Å²) in [6.07, 6.45) is 3.34. The number of hydrogen-bond donors (Lipinski definition) is 0. The summed E-state index contributed by atoms with van der Waals surface area (Å²) in [5.41, 5.74) is 5.42. The Labute approximate surface area is 89.9 Å². The van der Waals surface area contributed by atoms with Crippen molar-refractivity contribution >= 4 is 5.57 Å². The van der Waals surface area contributed by atoms with Crippen LogP contribution in [0.1, 0.15) is 16.7 Å². The molecule has 0 nitrogen and oxygen atoms in total. The number of fused-ring (bicyclic) bond motifs is 1. The molecule has 2 aromatic rings. The first kappa shape index (κ1) is 8.49. The van der Waals surface area contributed by atoms with E-state index in [1.165, 1.54) is 22.3 Å². The number of benzene rings is 2. The van der Waals surface area contributed by atoms with Crippen molar-refractivity contribution < 1.29 is 0 Å². The zero-order valence-electron chi connectivity index (χ0n) is 8.40. The average molecular weight is 191 g/mol. The Hall–Kier alpha value is -1.82. The lowest BCUT2D eigenvalue weighted by Crippen LogP contribution is -1.85. The first-order valence-corrected chi connectivity index (χ1v) is 5.20. The van der Waals surface area contributed by atoms with Gasteiger partial charge in [-0.15, -0.1) is 0 Å². The quantitative estimate of drug-likeness (QED) is 0.647. The van der Waals surface area contributed by atoms with E-state index in [2.05, 4.69) is 54.6 Å². The van der Waals surface area contributed by atoms with Crippen molar-refractivity contribution in [3.8, 4) is 0 Å². The Morgan fingerprint density at radius 2 is 1.87 bits per heavy atom. The van der Waals surface area contributed by atoms with Crippen molar-refractivity contribution in [2.75, 3.05) is 0 Å². The highest BCUT2D eigenvalue weighted by atomic mass is 14.2. The molecule has 0 saturated heterocycles. The van der Waals surface area contributed by atoms with Crippen LogP contribution in [-0.2, 0) is 6.42 Å². The van der Waals surface area contributed by atoms with Crippen LogP contribution in [0.5, 0.6) is 0 Å². The van der Waals surface area contributed by atoms with E-state index in [9.17, 15) is 0 Å². The van der Waals surface area contributed by atoms with Gasteiger partial charge in [-0.2, -0.15) is 0 Å². The Balaban J connectivity index is 2.11. The minimum absolute atomic E-state index is 1.04. The van der Waals surface area contributed by atoms with Gasteiger partial charge in [-0.05, 0) is 34.8 Å². The predicted molar refractivity (Wildman–Crippen MR) is 62.5 cm³/mol. The molecule has 0 bridgehead atoms. The van der Waals surface area contributed by atoms with Crippen molar-refractivity contribution in [2.24, 2.45) is 0 Å². The molecule has 0 heterocycles.